The molecule has 0 aromatic heterocycles. The van der Waals surface area contributed by atoms with Crippen LogP contribution in [0.5, 0.6) is 0 Å². The minimum atomic E-state index is -0.629. The van der Waals surface area contributed by atoms with E-state index in [0.717, 1.165) is 30.2 Å². The lowest BCUT2D eigenvalue weighted by Gasteiger charge is -2.41. The Balaban J connectivity index is 1.67. The second-order valence-corrected chi connectivity index (χ2v) is 7.47. The molecular weight excluding hydrogens is 315 g/mol. The minimum Gasteiger partial charge on any atom is -0.458 e. The van der Waals surface area contributed by atoms with Crippen molar-refractivity contribution in [3.05, 3.63) is 60.5 Å². The van der Waals surface area contributed by atoms with Crippen molar-refractivity contribution in [3.63, 3.8) is 0 Å². The van der Waals surface area contributed by atoms with Crippen LogP contribution in [-0.2, 0) is 4.74 Å². The van der Waals surface area contributed by atoms with Crippen LogP contribution in [0.25, 0.3) is 0 Å². The highest BCUT2D eigenvalue weighted by Crippen LogP contribution is 2.47. The SMILES string of the molecule is C=CCOC(=O)c1ccc(C2CCC3CC(C=C)CCC3C2)cc1F. The largest absolute Gasteiger partial charge is 0.458 e. The molecular formula is C22H27FO2. The number of hydrogen-bond acceptors (Lipinski definition) is 2. The molecule has 4 atom stereocenters. The van der Waals surface area contributed by atoms with E-state index in [0.29, 0.717) is 11.8 Å². The number of rotatable bonds is 5. The number of ether oxygens (including phenoxy) is 1. The fourth-order valence-corrected chi connectivity index (χ4v) is 4.61. The Morgan fingerprint density at radius 2 is 1.92 bits per heavy atom. The maximum absolute atomic E-state index is 14.4. The number of allylic oxidation sites excluding steroid dienone is 1. The van der Waals surface area contributed by atoms with E-state index < -0.39 is 11.8 Å². The second-order valence-electron chi connectivity index (χ2n) is 7.47. The first-order valence-electron chi connectivity index (χ1n) is 9.32. The van der Waals surface area contributed by atoms with Gasteiger partial charge < -0.3 is 4.74 Å². The monoisotopic (exact) mass is 342 g/mol. The van der Waals surface area contributed by atoms with Crippen LogP contribution in [0.3, 0.4) is 0 Å². The van der Waals surface area contributed by atoms with E-state index in [2.05, 4.69) is 19.2 Å². The summed E-state index contributed by atoms with van der Waals surface area (Å²) in [6.45, 7) is 7.54. The first-order chi connectivity index (χ1) is 12.1. The van der Waals surface area contributed by atoms with Gasteiger partial charge in [-0.15, -0.1) is 6.58 Å². The van der Waals surface area contributed by atoms with E-state index in [4.69, 9.17) is 4.74 Å². The van der Waals surface area contributed by atoms with Crippen molar-refractivity contribution in [2.45, 2.75) is 44.4 Å². The van der Waals surface area contributed by atoms with Gasteiger partial charge in [-0.25, -0.2) is 9.18 Å². The fourth-order valence-electron chi connectivity index (χ4n) is 4.61. The third-order valence-corrected chi connectivity index (χ3v) is 6.00. The van der Waals surface area contributed by atoms with Gasteiger partial charge in [0.2, 0.25) is 0 Å². The van der Waals surface area contributed by atoms with Crippen LogP contribution in [0.15, 0.2) is 43.5 Å². The van der Waals surface area contributed by atoms with E-state index in [1.54, 1.807) is 6.07 Å². The van der Waals surface area contributed by atoms with Gasteiger partial charge in [0, 0.05) is 0 Å². The summed E-state index contributed by atoms with van der Waals surface area (Å²) in [5, 5.41) is 0. The third-order valence-electron chi connectivity index (χ3n) is 6.00. The van der Waals surface area contributed by atoms with Crippen molar-refractivity contribution >= 4 is 5.97 Å². The summed E-state index contributed by atoms with van der Waals surface area (Å²) in [5.41, 5.74) is 1.02. The number of carbonyl (C=O) groups is 1. The molecule has 134 valence electrons. The van der Waals surface area contributed by atoms with Crippen LogP contribution in [0.1, 0.15) is 60.4 Å². The molecule has 0 amide bonds. The van der Waals surface area contributed by atoms with Crippen molar-refractivity contribution in [3.8, 4) is 0 Å². The lowest BCUT2D eigenvalue weighted by molar-refractivity contribution is 0.0544. The van der Waals surface area contributed by atoms with E-state index in [-0.39, 0.29) is 12.2 Å². The van der Waals surface area contributed by atoms with Crippen LogP contribution in [-0.4, -0.2) is 12.6 Å². The molecule has 0 N–H and O–H groups in total. The van der Waals surface area contributed by atoms with Gasteiger partial charge >= 0.3 is 5.97 Å². The number of halogens is 1. The number of esters is 1. The average Bonchev–Trinajstić information content (AvgIpc) is 2.65. The van der Waals surface area contributed by atoms with Crippen molar-refractivity contribution < 1.29 is 13.9 Å². The van der Waals surface area contributed by atoms with E-state index in [1.165, 1.54) is 37.8 Å². The molecule has 0 bridgehead atoms. The Morgan fingerprint density at radius 1 is 1.16 bits per heavy atom. The van der Waals surface area contributed by atoms with Crippen LogP contribution in [0.2, 0.25) is 0 Å². The molecule has 4 unspecified atom stereocenters. The third kappa shape index (κ3) is 4.02. The summed E-state index contributed by atoms with van der Waals surface area (Å²) < 4.78 is 19.3. The molecule has 2 aliphatic rings. The molecule has 2 nitrogen and oxygen atoms in total. The average molecular weight is 342 g/mol. The van der Waals surface area contributed by atoms with E-state index in [1.807, 2.05) is 6.07 Å². The van der Waals surface area contributed by atoms with Crippen LogP contribution in [0, 0.1) is 23.6 Å². The zero-order valence-corrected chi connectivity index (χ0v) is 14.8. The van der Waals surface area contributed by atoms with Crippen molar-refractivity contribution in [2.75, 3.05) is 6.61 Å². The van der Waals surface area contributed by atoms with Gasteiger partial charge in [0.1, 0.15) is 12.4 Å². The van der Waals surface area contributed by atoms with Gasteiger partial charge in [0.05, 0.1) is 5.56 Å². The summed E-state index contributed by atoms with van der Waals surface area (Å²) in [7, 11) is 0. The standard InChI is InChI=1S/C22H27FO2/c1-3-11-25-22(24)20-10-9-19(14-21(20)23)18-8-7-16-12-15(4-2)5-6-17(16)13-18/h3-4,9-10,14-18H,1-2,5-8,11-13H2. The smallest absolute Gasteiger partial charge is 0.341 e. The van der Waals surface area contributed by atoms with Gasteiger partial charge in [-0.2, -0.15) is 0 Å². The predicted molar refractivity (Wildman–Crippen MR) is 98.0 cm³/mol. The summed E-state index contributed by atoms with van der Waals surface area (Å²) in [6.07, 6.45) is 10.8. The molecule has 1 aromatic carbocycles. The van der Waals surface area contributed by atoms with Crippen molar-refractivity contribution in [1.29, 1.82) is 0 Å². The summed E-state index contributed by atoms with van der Waals surface area (Å²) >= 11 is 0. The topological polar surface area (TPSA) is 26.3 Å². The second kappa shape index (κ2) is 7.99. The lowest BCUT2D eigenvalue weighted by Crippen LogP contribution is -2.30. The Bertz CT molecular complexity index is 651. The fraction of sp³-hybridized carbons (Fsp3) is 0.500. The zero-order chi connectivity index (χ0) is 17.8. The van der Waals surface area contributed by atoms with Crippen LogP contribution >= 0.6 is 0 Å². The van der Waals surface area contributed by atoms with Crippen LogP contribution < -0.4 is 0 Å². The molecule has 2 saturated carbocycles. The molecule has 2 fully saturated rings. The normalized spacial score (nSPS) is 28.7. The minimum absolute atomic E-state index is 0.00535. The van der Waals surface area contributed by atoms with Crippen molar-refractivity contribution in [1.82, 2.24) is 0 Å². The quantitative estimate of drug-likeness (QED) is 0.510. The number of benzene rings is 1. The highest BCUT2D eigenvalue weighted by atomic mass is 19.1. The highest BCUT2D eigenvalue weighted by molar-refractivity contribution is 5.89. The summed E-state index contributed by atoms with van der Waals surface area (Å²) in [6, 6.07) is 5.00. The summed E-state index contributed by atoms with van der Waals surface area (Å²) in [5.74, 6) is 1.51. The van der Waals surface area contributed by atoms with Gasteiger partial charge in [-0.3, -0.25) is 0 Å². The molecule has 0 radical (unpaired) electrons. The lowest BCUT2D eigenvalue weighted by atomic mass is 9.64. The molecule has 3 rings (SSSR count). The molecule has 0 spiro atoms. The maximum Gasteiger partial charge on any atom is 0.341 e. The Hall–Kier alpha value is -1.90. The molecule has 1 aromatic rings. The van der Waals surface area contributed by atoms with E-state index >= 15 is 0 Å². The molecule has 0 saturated heterocycles. The predicted octanol–water partition coefficient (Wildman–Crippen LogP) is 5.65. The molecule has 2 aliphatic carbocycles. The van der Waals surface area contributed by atoms with Crippen molar-refractivity contribution in [2.24, 2.45) is 17.8 Å². The Morgan fingerprint density at radius 3 is 2.64 bits per heavy atom. The molecule has 3 heteroatoms. The number of hydrogen-bond donors (Lipinski definition) is 0. The molecule has 0 heterocycles. The Labute approximate surface area is 149 Å². The number of fused-ring (bicyclic) bond motifs is 1. The highest BCUT2D eigenvalue weighted by Gasteiger charge is 2.35. The van der Waals surface area contributed by atoms with Gasteiger partial charge in [-0.1, -0.05) is 24.8 Å². The molecule has 0 aliphatic heterocycles. The molecule has 25 heavy (non-hydrogen) atoms. The van der Waals surface area contributed by atoms with Crippen LogP contribution in [0.4, 0.5) is 4.39 Å². The Kier molecular flexibility index (Phi) is 5.72. The van der Waals surface area contributed by atoms with Gasteiger partial charge in [0.15, 0.2) is 0 Å². The maximum atomic E-state index is 14.4. The zero-order valence-electron chi connectivity index (χ0n) is 14.8. The van der Waals surface area contributed by atoms with Gasteiger partial charge in [-0.05, 0) is 79.9 Å². The van der Waals surface area contributed by atoms with E-state index in [9.17, 15) is 9.18 Å². The van der Waals surface area contributed by atoms with Gasteiger partial charge in [0.25, 0.3) is 0 Å². The first-order valence-corrected chi connectivity index (χ1v) is 9.32. The number of carbonyl (C=O) groups excluding carboxylic acids is 1. The summed E-state index contributed by atoms with van der Waals surface area (Å²) in [4.78, 5) is 11.8. The first kappa shape index (κ1) is 17.9.